The Labute approximate surface area is 166 Å². The molecule has 3 N–H and O–H groups in total. The molecular weight excluding hydrogens is 377 g/mol. The van der Waals surface area contributed by atoms with E-state index in [2.05, 4.69) is 30.2 Å². The second-order valence-corrected chi connectivity index (χ2v) is 6.95. The molecule has 1 amide bonds. The first-order chi connectivity index (χ1) is 11.0. The Hall–Kier alpha value is -1.27. The van der Waals surface area contributed by atoms with E-state index in [-0.39, 0.29) is 30.7 Å². The minimum absolute atomic E-state index is 0. The van der Waals surface area contributed by atoms with E-state index in [1.165, 1.54) is 5.56 Å². The maximum atomic E-state index is 12.0. The van der Waals surface area contributed by atoms with Gasteiger partial charge in [-0.15, -0.1) is 36.6 Å². The lowest BCUT2D eigenvalue weighted by Crippen LogP contribution is -2.36. The first-order valence-corrected chi connectivity index (χ1v) is 8.71. The van der Waals surface area contributed by atoms with Gasteiger partial charge in [0.2, 0.25) is 5.91 Å². The van der Waals surface area contributed by atoms with E-state index in [9.17, 15) is 4.79 Å². The molecule has 138 valence electrons. The zero-order valence-electron chi connectivity index (χ0n) is 14.3. The lowest BCUT2D eigenvalue weighted by Gasteiger charge is -2.14. The van der Waals surface area contributed by atoms with Gasteiger partial charge in [-0.1, -0.05) is 19.9 Å². The number of carbonyl (C=O) groups excluding carboxylic acids is 1. The molecule has 7 heteroatoms. The second-order valence-electron chi connectivity index (χ2n) is 5.90. The molecular formula is C18H25Cl2N3OS. The third-order valence-corrected chi connectivity index (χ3v) is 4.40. The quantitative estimate of drug-likeness (QED) is 0.668. The minimum Gasteiger partial charge on any atom is -0.325 e. The van der Waals surface area contributed by atoms with E-state index in [4.69, 9.17) is 5.73 Å². The molecule has 0 saturated heterocycles. The molecule has 1 heterocycles. The van der Waals surface area contributed by atoms with Gasteiger partial charge >= 0.3 is 0 Å². The standard InChI is InChI=1S/C18H23N3OS.2ClH/c1-13(2)10-17(19)18(22)21-15-5-7-16(8-6-15)23-12-14-4-3-9-20-11-14;;/h3-9,11,13,17H,10,12,19H2,1-2H3,(H,21,22);2*1H/t17-;;/m0../s1. The van der Waals surface area contributed by atoms with Gasteiger partial charge in [0.1, 0.15) is 0 Å². The molecule has 0 fully saturated rings. The highest BCUT2D eigenvalue weighted by Gasteiger charge is 2.14. The van der Waals surface area contributed by atoms with E-state index >= 15 is 0 Å². The number of hydrogen-bond donors (Lipinski definition) is 2. The number of hydrogen-bond acceptors (Lipinski definition) is 4. The van der Waals surface area contributed by atoms with Crippen LogP contribution in [0.5, 0.6) is 0 Å². The Kier molecular flexibility index (Phi) is 11.5. The van der Waals surface area contributed by atoms with Gasteiger partial charge in [0, 0.05) is 28.7 Å². The van der Waals surface area contributed by atoms with Gasteiger partial charge in [0.25, 0.3) is 0 Å². The summed E-state index contributed by atoms with van der Waals surface area (Å²) in [6, 6.07) is 11.4. The van der Waals surface area contributed by atoms with Crippen LogP contribution in [0.3, 0.4) is 0 Å². The van der Waals surface area contributed by atoms with Crippen molar-refractivity contribution in [1.29, 1.82) is 0 Å². The number of benzene rings is 1. The van der Waals surface area contributed by atoms with Gasteiger partial charge in [0.05, 0.1) is 6.04 Å². The van der Waals surface area contributed by atoms with Gasteiger partial charge in [0.15, 0.2) is 0 Å². The maximum Gasteiger partial charge on any atom is 0.241 e. The lowest BCUT2D eigenvalue weighted by atomic mass is 10.0. The summed E-state index contributed by atoms with van der Waals surface area (Å²) in [5, 5.41) is 2.86. The smallest absolute Gasteiger partial charge is 0.241 e. The summed E-state index contributed by atoms with van der Waals surface area (Å²) in [7, 11) is 0. The summed E-state index contributed by atoms with van der Waals surface area (Å²) in [6.45, 7) is 4.11. The van der Waals surface area contributed by atoms with E-state index in [0.717, 1.165) is 16.3 Å². The molecule has 25 heavy (non-hydrogen) atoms. The second kappa shape index (κ2) is 12.1. The van der Waals surface area contributed by atoms with Crippen LogP contribution in [0.4, 0.5) is 5.69 Å². The Bertz CT molecular complexity index is 624. The summed E-state index contributed by atoms with van der Waals surface area (Å²) in [4.78, 5) is 17.3. The van der Waals surface area contributed by atoms with Crippen molar-refractivity contribution in [2.24, 2.45) is 11.7 Å². The van der Waals surface area contributed by atoms with E-state index in [0.29, 0.717) is 12.3 Å². The monoisotopic (exact) mass is 401 g/mol. The first-order valence-electron chi connectivity index (χ1n) is 7.73. The van der Waals surface area contributed by atoms with Crippen LogP contribution in [0, 0.1) is 5.92 Å². The minimum atomic E-state index is -0.463. The van der Waals surface area contributed by atoms with Crippen LogP contribution in [-0.4, -0.2) is 16.9 Å². The van der Waals surface area contributed by atoms with E-state index < -0.39 is 6.04 Å². The summed E-state index contributed by atoms with van der Waals surface area (Å²) in [6.07, 6.45) is 4.33. The normalized spacial score (nSPS) is 11.2. The average molecular weight is 402 g/mol. The van der Waals surface area contributed by atoms with Crippen LogP contribution in [0.25, 0.3) is 0 Å². The largest absolute Gasteiger partial charge is 0.325 e. The fourth-order valence-electron chi connectivity index (χ4n) is 2.13. The topological polar surface area (TPSA) is 68.0 Å². The molecule has 2 aromatic rings. The Balaban J connectivity index is 0.00000288. The molecule has 0 unspecified atom stereocenters. The maximum absolute atomic E-state index is 12.0. The number of nitrogens with zero attached hydrogens (tertiary/aromatic N) is 1. The molecule has 1 aromatic heterocycles. The van der Waals surface area contributed by atoms with Crippen LogP contribution in [0.15, 0.2) is 53.7 Å². The zero-order chi connectivity index (χ0) is 16.7. The van der Waals surface area contributed by atoms with Crippen LogP contribution >= 0.6 is 36.6 Å². The molecule has 0 spiro atoms. The SMILES string of the molecule is CC(C)C[C@H](N)C(=O)Nc1ccc(SCc2cccnc2)cc1.Cl.Cl. The number of anilines is 1. The highest BCUT2D eigenvalue weighted by Crippen LogP contribution is 2.24. The van der Waals surface area contributed by atoms with Crippen molar-refractivity contribution in [1.82, 2.24) is 4.98 Å². The van der Waals surface area contributed by atoms with Crippen LogP contribution in [-0.2, 0) is 10.5 Å². The van der Waals surface area contributed by atoms with Crippen LogP contribution < -0.4 is 11.1 Å². The van der Waals surface area contributed by atoms with Crippen molar-refractivity contribution in [2.75, 3.05) is 5.32 Å². The van der Waals surface area contributed by atoms with Crippen molar-refractivity contribution >= 4 is 48.2 Å². The number of rotatable bonds is 7. The van der Waals surface area contributed by atoms with E-state index in [1.54, 1.807) is 18.0 Å². The van der Waals surface area contributed by atoms with Gasteiger partial charge in [-0.25, -0.2) is 0 Å². The number of pyridine rings is 1. The molecule has 0 aliphatic carbocycles. The Morgan fingerprint density at radius 2 is 1.88 bits per heavy atom. The number of halogens is 2. The molecule has 1 atom stereocenters. The summed E-state index contributed by atoms with van der Waals surface area (Å²) in [5.41, 5.74) is 7.85. The van der Waals surface area contributed by atoms with Gasteiger partial charge in [-0.3, -0.25) is 9.78 Å². The zero-order valence-corrected chi connectivity index (χ0v) is 16.8. The Morgan fingerprint density at radius 1 is 1.20 bits per heavy atom. The summed E-state index contributed by atoms with van der Waals surface area (Å²) >= 11 is 1.74. The molecule has 0 bridgehead atoms. The predicted molar refractivity (Wildman–Crippen MR) is 111 cm³/mol. The molecule has 2 rings (SSSR count). The average Bonchev–Trinajstić information content (AvgIpc) is 2.54. The van der Waals surface area contributed by atoms with Crippen molar-refractivity contribution < 1.29 is 4.79 Å². The number of nitrogens with one attached hydrogen (secondary N) is 1. The highest BCUT2D eigenvalue weighted by atomic mass is 35.5. The van der Waals surface area contributed by atoms with Gasteiger partial charge in [-0.2, -0.15) is 0 Å². The first kappa shape index (κ1) is 23.7. The number of carbonyl (C=O) groups is 1. The summed E-state index contributed by atoms with van der Waals surface area (Å²) < 4.78 is 0. The predicted octanol–water partition coefficient (Wildman–Crippen LogP) is 4.53. The third-order valence-electron chi connectivity index (χ3n) is 3.31. The Morgan fingerprint density at radius 3 is 2.44 bits per heavy atom. The molecule has 0 saturated carbocycles. The molecule has 0 aliphatic rings. The fourth-order valence-corrected chi connectivity index (χ4v) is 2.97. The molecule has 1 aromatic carbocycles. The number of nitrogens with two attached hydrogens (primary N) is 1. The number of amides is 1. The summed E-state index contributed by atoms with van der Waals surface area (Å²) in [5.74, 6) is 1.15. The van der Waals surface area contributed by atoms with Crippen molar-refractivity contribution in [3.63, 3.8) is 0 Å². The third kappa shape index (κ3) is 8.59. The van der Waals surface area contributed by atoms with Crippen molar-refractivity contribution in [2.45, 2.75) is 37.0 Å². The number of thioether (sulfide) groups is 1. The molecule has 0 aliphatic heterocycles. The van der Waals surface area contributed by atoms with Gasteiger partial charge < -0.3 is 11.1 Å². The highest BCUT2D eigenvalue weighted by molar-refractivity contribution is 7.98. The van der Waals surface area contributed by atoms with Crippen LogP contribution in [0.1, 0.15) is 25.8 Å². The van der Waals surface area contributed by atoms with Gasteiger partial charge in [-0.05, 0) is 48.2 Å². The van der Waals surface area contributed by atoms with Crippen LogP contribution in [0.2, 0.25) is 0 Å². The molecule has 4 nitrogen and oxygen atoms in total. The van der Waals surface area contributed by atoms with E-state index in [1.807, 2.05) is 36.5 Å². The fraction of sp³-hybridized carbons (Fsp3) is 0.333. The van der Waals surface area contributed by atoms with Crippen molar-refractivity contribution in [3.8, 4) is 0 Å². The lowest BCUT2D eigenvalue weighted by molar-refractivity contribution is -0.117. The molecule has 0 radical (unpaired) electrons. The van der Waals surface area contributed by atoms with Crippen molar-refractivity contribution in [3.05, 3.63) is 54.4 Å². The number of aromatic nitrogens is 1.